The fraction of sp³-hybridized carbons (Fsp3) is 0.0351. The molecular weight excluding hydrogens is 759 g/mol. The molecule has 0 amide bonds. The molecule has 0 fully saturated rings. The Balaban J connectivity index is 0.903. The summed E-state index contributed by atoms with van der Waals surface area (Å²) in [5.41, 5.74) is 13.2. The highest BCUT2D eigenvalue weighted by molar-refractivity contribution is 5.81. The van der Waals surface area contributed by atoms with Crippen molar-refractivity contribution in [3.63, 3.8) is 0 Å². The highest BCUT2D eigenvalue weighted by Crippen LogP contribution is 2.37. The van der Waals surface area contributed by atoms with Crippen LogP contribution in [0.25, 0.3) is 36.5 Å². The number of ether oxygens (including phenoxy) is 2. The van der Waals surface area contributed by atoms with E-state index in [0.29, 0.717) is 5.56 Å². The van der Waals surface area contributed by atoms with Gasteiger partial charge >= 0.3 is 0 Å². The number of para-hydroxylation sites is 2. The van der Waals surface area contributed by atoms with Crippen molar-refractivity contribution in [2.24, 2.45) is 0 Å². The number of methoxy groups -OCH3 is 2. The van der Waals surface area contributed by atoms with Crippen LogP contribution < -0.4 is 19.3 Å². The maximum absolute atomic E-state index is 10.0. The van der Waals surface area contributed by atoms with Crippen molar-refractivity contribution in [1.82, 2.24) is 0 Å². The first kappa shape index (κ1) is 40.4. The Bertz CT molecular complexity index is 2820. The molecule has 0 atom stereocenters. The number of hydrogen-bond donors (Lipinski definition) is 0. The van der Waals surface area contributed by atoms with Gasteiger partial charge in [-0.05, 0) is 137 Å². The van der Waals surface area contributed by atoms with E-state index >= 15 is 0 Å². The highest BCUT2D eigenvalue weighted by Gasteiger charge is 2.14. The van der Waals surface area contributed by atoms with Gasteiger partial charge < -0.3 is 19.3 Å². The van der Waals surface area contributed by atoms with Crippen LogP contribution >= 0.6 is 0 Å². The SMILES string of the molecule is COc1ccc(N(c2ccccc2)c2ccc(C=Cc3ccc(C=Cc4ccc(C=Cc5ccc(N(c6ccccc6)c6ccc(OC)cc6)cc5)cc4C#N)cc3)cc2)cc1. The van der Waals surface area contributed by atoms with Gasteiger partial charge in [-0.15, -0.1) is 0 Å². The zero-order valence-electron chi connectivity index (χ0n) is 34.7. The van der Waals surface area contributed by atoms with Gasteiger partial charge in [0.05, 0.1) is 25.9 Å². The second kappa shape index (κ2) is 19.6. The molecule has 0 unspecified atom stereocenters. The van der Waals surface area contributed by atoms with Crippen LogP contribution in [-0.4, -0.2) is 14.2 Å². The Morgan fingerprint density at radius 2 is 0.661 bits per heavy atom. The summed E-state index contributed by atoms with van der Waals surface area (Å²) < 4.78 is 10.8. The lowest BCUT2D eigenvalue weighted by molar-refractivity contribution is 0.414. The van der Waals surface area contributed by atoms with Gasteiger partial charge in [0.15, 0.2) is 0 Å². The van der Waals surface area contributed by atoms with E-state index in [2.05, 4.69) is 168 Å². The van der Waals surface area contributed by atoms with Crippen molar-refractivity contribution < 1.29 is 9.47 Å². The van der Waals surface area contributed by atoms with Gasteiger partial charge in [-0.1, -0.05) is 134 Å². The second-order valence-corrected chi connectivity index (χ2v) is 14.5. The number of nitrogens with zero attached hydrogens (tertiary/aromatic N) is 3. The van der Waals surface area contributed by atoms with E-state index in [-0.39, 0.29) is 0 Å². The minimum absolute atomic E-state index is 0.623. The topological polar surface area (TPSA) is 48.7 Å². The Kier molecular flexibility index (Phi) is 12.8. The summed E-state index contributed by atoms with van der Waals surface area (Å²) in [4.78, 5) is 4.45. The summed E-state index contributed by atoms with van der Waals surface area (Å²) in [6, 6.07) is 70.7. The van der Waals surface area contributed by atoms with Crippen LogP contribution in [0.4, 0.5) is 34.1 Å². The van der Waals surface area contributed by atoms with Crippen LogP contribution in [-0.2, 0) is 0 Å². The van der Waals surface area contributed by atoms with Crippen LogP contribution in [0.15, 0.2) is 200 Å². The highest BCUT2D eigenvalue weighted by atomic mass is 16.5. The van der Waals surface area contributed by atoms with Gasteiger partial charge in [0.25, 0.3) is 0 Å². The summed E-state index contributed by atoms with van der Waals surface area (Å²) in [5.74, 6) is 1.64. The average molecular weight is 804 g/mol. The molecule has 0 N–H and O–H groups in total. The van der Waals surface area contributed by atoms with E-state index in [1.165, 1.54) is 0 Å². The molecule has 62 heavy (non-hydrogen) atoms. The van der Waals surface area contributed by atoms with Gasteiger partial charge in [0, 0.05) is 34.1 Å². The first-order valence-electron chi connectivity index (χ1n) is 20.4. The van der Waals surface area contributed by atoms with Crippen molar-refractivity contribution in [3.8, 4) is 17.6 Å². The van der Waals surface area contributed by atoms with Crippen molar-refractivity contribution in [2.45, 2.75) is 0 Å². The first-order chi connectivity index (χ1) is 30.6. The molecule has 5 nitrogen and oxygen atoms in total. The van der Waals surface area contributed by atoms with Gasteiger partial charge in [0.2, 0.25) is 0 Å². The summed E-state index contributed by atoms with van der Waals surface area (Å²) in [6.07, 6.45) is 12.4. The van der Waals surface area contributed by atoms with Crippen molar-refractivity contribution in [1.29, 1.82) is 5.26 Å². The molecule has 8 aromatic rings. The first-order valence-corrected chi connectivity index (χ1v) is 20.4. The predicted octanol–water partition coefficient (Wildman–Crippen LogP) is 15.0. The average Bonchev–Trinajstić information content (AvgIpc) is 3.34. The Morgan fingerprint density at radius 3 is 1.03 bits per heavy atom. The Hall–Kier alpha value is -8.33. The van der Waals surface area contributed by atoms with Crippen LogP contribution in [0.3, 0.4) is 0 Å². The second-order valence-electron chi connectivity index (χ2n) is 14.5. The fourth-order valence-electron chi connectivity index (χ4n) is 7.19. The number of nitriles is 1. The van der Waals surface area contributed by atoms with Gasteiger partial charge in [-0.3, -0.25) is 0 Å². The summed E-state index contributed by atoms with van der Waals surface area (Å²) in [5, 5.41) is 10.0. The molecule has 0 heterocycles. The van der Waals surface area contributed by atoms with Gasteiger partial charge in [0.1, 0.15) is 11.5 Å². The molecule has 0 aliphatic rings. The fourth-order valence-corrected chi connectivity index (χ4v) is 7.19. The van der Waals surface area contributed by atoms with E-state index in [9.17, 15) is 5.26 Å². The molecule has 5 heteroatoms. The zero-order valence-corrected chi connectivity index (χ0v) is 34.7. The van der Waals surface area contributed by atoms with Crippen LogP contribution in [0.5, 0.6) is 11.5 Å². The van der Waals surface area contributed by atoms with Crippen molar-refractivity contribution in [2.75, 3.05) is 24.0 Å². The Morgan fingerprint density at radius 1 is 0.355 bits per heavy atom. The molecule has 8 aromatic carbocycles. The van der Waals surface area contributed by atoms with E-state index in [4.69, 9.17) is 9.47 Å². The molecule has 0 radical (unpaired) electrons. The quantitative estimate of drug-likeness (QED) is 0.103. The minimum atomic E-state index is 0.623. The molecule has 0 saturated carbocycles. The molecule has 300 valence electrons. The zero-order chi connectivity index (χ0) is 42.5. The predicted molar refractivity (Wildman–Crippen MR) is 260 cm³/mol. The lowest BCUT2D eigenvalue weighted by atomic mass is 10.0. The third kappa shape index (κ3) is 9.92. The maximum Gasteiger partial charge on any atom is 0.119 e. The third-order valence-corrected chi connectivity index (χ3v) is 10.5. The minimum Gasteiger partial charge on any atom is -0.497 e. The molecule has 0 aliphatic heterocycles. The van der Waals surface area contributed by atoms with E-state index in [0.717, 1.165) is 79.0 Å². The van der Waals surface area contributed by atoms with Crippen LogP contribution in [0.1, 0.15) is 38.9 Å². The largest absolute Gasteiger partial charge is 0.497 e. The van der Waals surface area contributed by atoms with E-state index in [1.807, 2.05) is 85.0 Å². The summed E-state index contributed by atoms with van der Waals surface area (Å²) >= 11 is 0. The number of hydrogen-bond acceptors (Lipinski definition) is 5. The maximum atomic E-state index is 10.0. The van der Waals surface area contributed by atoms with Crippen LogP contribution in [0.2, 0.25) is 0 Å². The normalized spacial score (nSPS) is 11.2. The van der Waals surface area contributed by atoms with E-state index in [1.54, 1.807) is 14.2 Å². The molecule has 0 bridgehead atoms. The van der Waals surface area contributed by atoms with Crippen LogP contribution in [0, 0.1) is 11.3 Å². The lowest BCUT2D eigenvalue weighted by Crippen LogP contribution is -2.09. The molecule has 0 saturated heterocycles. The third-order valence-electron chi connectivity index (χ3n) is 10.5. The standard InChI is InChI=1S/C57H45N3O2/c1-61-56-37-33-54(34-38-56)59(50-9-5-3-6-10-50)52-29-23-45(24-30-52)18-15-43-13-16-44(17-14-43)21-27-48-28-22-47(41-49(48)42-58)20-19-46-25-31-53(32-26-46)60(51-11-7-4-8-12-51)55-35-39-57(62-2)40-36-55/h3-41H,1-2H3. The number of rotatable bonds is 14. The lowest BCUT2D eigenvalue weighted by Gasteiger charge is -2.25. The monoisotopic (exact) mass is 803 g/mol. The summed E-state index contributed by atoms with van der Waals surface area (Å²) in [6.45, 7) is 0. The molecule has 0 aliphatic carbocycles. The molecule has 0 aromatic heterocycles. The molecule has 0 spiro atoms. The number of benzene rings is 8. The van der Waals surface area contributed by atoms with Crippen molar-refractivity contribution >= 4 is 70.6 Å². The van der Waals surface area contributed by atoms with E-state index < -0.39 is 0 Å². The number of anilines is 6. The Labute approximate surface area is 364 Å². The smallest absolute Gasteiger partial charge is 0.119 e. The van der Waals surface area contributed by atoms with Gasteiger partial charge in [-0.25, -0.2) is 0 Å². The summed E-state index contributed by atoms with van der Waals surface area (Å²) in [7, 11) is 3.36. The van der Waals surface area contributed by atoms with Crippen molar-refractivity contribution in [3.05, 3.63) is 239 Å². The van der Waals surface area contributed by atoms with Gasteiger partial charge in [-0.2, -0.15) is 5.26 Å². The molecular formula is C57H45N3O2. The molecule has 8 rings (SSSR count).